The zero-order valence-corrected chi connectivity index (χ0v) is 16.8. The highest BCUT2D eigenvalue weighted by Gasteiger charge is 2.25. The molecule has 0 amide bonds. The maximum atomic E-state index is 6.15. The van der Waals surface area contributed by atoms with Gasteiger partial charge in [-0.25, -0.2) is 0 Å². The maximum Gasteiger partial charge on any atom is 0.135 e. The van der Waals surface area contributed by atoms with Crippen molar-refractivity contribution >= 4 is 61.0 Å². The Morgan fingerprint density at radius 2 is 1.46 bits per heavy atom. The molecule has 0 bridgehead atoms. The third-order valence-corrected chi connectivity index (χ3v) is 6.46. The highest BCUT2D eigenvalue weighted by Crippen LogP contribution is 2.47. The molecule has 0 aliphatic heterocycles. The fourth-order valence-corrected chi connectivity index (χ4v) is 5.34. The van der Waals surface area contributed by atoms with E-state index in [1.807, 2.05) is 6.07 Å². The number of rotatable bonds is 0. The Balaban J connectivity index is 1.71. The molecule has 0 unspecified atom stereocenters. The number of benzene rings is 3. The molecule has 2 heteroatoms. The molecule has 2 aliphatic rings. The van der Waals surface area contributed by atoms with Crippen LogP contribution in [0, 0.1) is 0 Å². The molecule has 134 valence electrons. The largest absolute Gasteiger partial charge is 0.456 e. The second kappa shape index (κ2) is 6.08. The monoisotopic (exact) mass is 424 g/mol. The molecule has 0 radical (unpaired) electrons. The Labute approximate surface area is 171 Å². The first-order valence-electron chi connectivity index (χ1n) is 9.60. The zero-order valence-electron chi connectivity index (χ0n) is 15.2. The summed E-state index contributed by atoms with van der Waals surface area (Å²) in [4.78, 5) is 0. The standard InChI is InChI=1S/C26H17BrO/c27-22-15-16-7-1-2-8-17(16)18-10-5-11-19(25(18)22)20-12-6-14-24-26(20)21-9-3-4-13-23(21)28-24/h1-10,13-15H,11-12H2. The Morgan fingerprint density at radius 3 is 2.36 bits per heavy atom. The average Bonchev–Trinajstić information content (AvgIpc) is 3.12. The van der Waals surface area contributed by atoms with Crippen molar-refractivity contribution in [1.29, 1.82) is 0 Å². The summed E-state index contributed by atoms with van der Waals surface area (Å²) in [5.74, 6) is 0.975. The molecule has 28 heavy (non-hydrogen) atoms. The summed E-state index contributed by atoms with van der Waals surface area (Å²) < 4.78 is 7.31. The van der Waals surface area contributed by atoms with Crippen molar-refractivity contribution in [3.8, 4) is 0 Å². The Morgan fingerprint density at radius 1 is 0.750 bits per heavy atom. The smallest absolute Gasteiger partial charge is 0.135 e. The third kappa shape index (κ3) is 2.25. The molecule has 6 rings (SSSR count). The molecule has 1 heterocycles. The lowest BCUT2D eigenvalue weighted by atomic mass is 9.81. The van der Waals surface area contributed by atoms with Gasteiger partial charge in [-0.15, -0.1) is 0 Å². The predicted octanol–water partition coefficient (Wildman–Crippen LogP) is 8.09. The van der Waals surface area contributed by atoms with Crippen LogP contribution in [0.2, 0.25) is 0 Å². The van der Waals surface area contributed by atoms with Crippen molar-refractivity contribution < 1.29 is 4.42 Å². The minimum Gasteiger partial charge on any atom is -0.456 e. The van der Waals surface area contributed by atoms with Crippen LogP contribution in [-0.2, 0) is 0 Å². The van der Waals surface area contributed by atoms with Crippen LogP contribution in [0.15, 0.2) is 75.6 Å². The molecule has 2 aliphatic carbocycles. The molecular formula is C26H17BrO. The van der Waals surface area contributed by atoms with Crippen LogP contribution >= 0.6 is 15.9 Å². The van der Waals surface area contributed by atoms with Crippen LogP contribution in [0.3, 0.4) is 0 Å². The minimum atomic E-state index is 0.929. The number of para-hydroxylation sites is 1. The maximum absolute atomic E-state index is 6.15. The number of hydrogen-bond donors (Lipinski definition) is 0. The summed E-state index contributed by atoms with van der Waals surface area (Å²) in [6.45, 7) is 0. The van der Waals surface area contributed by atoms with Crippen molar-refractivity contribution in [1.82, 2.24) is 0 Å². The van der Waals surface area contributed by atoms with Crippen LogP contribution in [-0.4, -0.2) is 0 Å². The topological polar surface area (TPSA) is 13.1 Å². The van der Waals surface area contributed by atoms with E-state index < -0.39 is 0 Å². The highest BCUT2D eigenvalue weighted by molar-refractivity contribution is 9.10. The van der Waals surface area contributed by atoms with Crippen LogP contribution in [0.25, 0.3) is 45.0 Å². The van der Waals surface area contributed by atoms with Crippen molar-refractivity contribution in [3.05, 3.63) is 93.7 Å². The summed E-state index contributed by atoms with van der Waals surface area (Å²) in [6, 6.07) is 19.2. The van der Waals surface area contributed by atoms with Gasteiger partial charge in [0.1, 0.15) is 11.3 Å². The van der Waals surface area contributed by atoms with Crippen LogP contribution in [0.1, 0.15) is 35.3 Å². The van der Waals surface area contributed by atoms with E-state index in [1.165, 1.54) is 44.0 Å². The SMILES string of the molecule is Brc1cc2ccccc2c2c1C(=C1CC=Cc3oc4ccccc4c31)CC=C2. The van der Waals surface area contributed by atoms with Gasteiger partial charge >= 0.3 is 0 Å². The lowest BCUT2D eigenvalue weighted by Gasteiger charge is -2.23. The molecule has 0 saturated heterocycles. The molecule has 1 nitrogen and oxygen atoms in total. The molecule has 0 atom stereocenters. The zero-order chi connectivity index (χ0) is 18.7. The number of hydrogen-bond acceptors (Lipinski definition) is 1. The molecule has 3 aromatic carbocycles. The van der Waals surface area contributed by atoms with Gasteiger partial charge in [-0.2, -0.15) is 0 Å². The fourth-order valence-electron chi connectivity index (χ4n) is 4.64. The van der Waals surface area contributed by atoms with Gasteiger partial charge in [0.2, 0.25) is 0 Å². The van der Waals surface area contributed by atoms with Gasteiger partial charge < -0.3 is 4.42 Å². The van der Waals surface area contributed by atoms with Crippen LogP contribution in [0.5, 0.6) is 0 Å². The summed E-state index contributed by atoms with van der Waals surface area (Å²) >= 11 is 3.88. The number of furan rings is 1. The molecule has 4 aromatic rings. The molecule has 0 spiro atoms. The van der Waals surface area contributed by atoms with Gasteiger partial charge in [0, 0.05) is 21.0 Å². The predicted molar refractivity (Wildman–Crippen MR) is 122 cm³/mol. The summed E-state index contributed by atoms with van der Waals surface area (Å²) in [5.41, 5.74) is 7.62. The summed E-state index contributed by atoms with van der Waals surface area (Å²) in [7, 11) is 0. The van der Waals surface area contributed by atoms with Crippen LogP contribution in [0.4, 0.5) is 0 Å². The first kappa shape index (κ1) is 16.1. The number of fused-ring (bicyclic) bond motifs is 6. The highest BCUT2D eigenvalue weighted by atomic mass is 79.9. The normalized spacial score (nSPS) is 17.9. The van der Waals surface area contributed by atoms with Gasteiger partial charge in [0.15, 0.2) is 0 Å². The Bertz CT molecular complexity index is 1360. The minimum absolute atomic E-state index is 0.929. The summed E-state index contributed by atoms with van der Waals surface area (Å²) in [6.07, 6.45) is 10.8. The van der Waals surface area contributed by atoms with Gasteiger partial charge in [0.05, 0.1) is 0 Å². The van der Waals surface area contributed by atoms with Gasteiger partial charge in [-0.3, -0.25) is 0 Å². The Hall–Kier alpha value is -2.84. The van der Waals surface area contributed by atoms with Crippen molar-refractivity contribution in [2.24, 2.45) is 0 Å². The molecule has 1 aromatic heterocycles. The van der Waals surface area contributed by atoms with Crippen LogP contribution < -0.4 is 0 Å². The quantitative estimate of drug-likeness (QED) is 0.277. The van der Waals surface area contributed by atoms with E-state index in [0.717, 1.165) is 28.7 Å². The lowest BCUT2D eigenvalue weighted by Crippen LogP contribution is -2.02. The van der Waals surface area contributed by atoms with Gasteiger partial charge in [-0.05, 0) is 58.5 Å². The van der Waals surface area contributed by atoms with E-state index in [4.69, 9.17) is 4.42 Å². The van der Waals surface area contributed by atoms with E-state index in [2.05, 4.69) is 88.8 Å². The molecule has 0 N–H and O–H groups in total. The lowest BCUT2D eigenvalue weighted by molar-refractivity contribution is 0.602. The van der Waals surface area contributed by atoms with E-state index in [1.54, 1.807) is 0 Å². The van der Waals surface area contributed by atoms with Crippen molar-refractivity contribution in [2.75, 3.05) is 0 Å². The Kier molecular flexibility index (Phi) is 3.51. The molecular weight excluding hydrogens is 408 g/mol. The first-order chi connectivity index (χ1) is 13.8. The van der Waals surface area contributed by atoms with Crippen molar-refractivity contribution in [2.45, 2.75) is 12.8 Å². The fraction of sp³-hybridized carbons (Fsp3) is 0.0769. The first-order valence-corrected chi connectivity index (χ1v) is 10.4. The summed E-state index contributed by atoms with van der Waals surface area (Å²) in [5, 5.41) is 3.78. The van der Waals surface area contributed by atoms with Gasteiger partial charge in [-0.1, -0.05) is 76.6 Å². The van der Waals surface area contributed by atoms with E-state index in [-0.39, 0.29) is 0 Å². The number of allylic oxidation sites excluding steroid dienone is 4. The van der Waals surface area contributed by atoms with E-state index in [9.17, 15) is 0 Å². The second-order valence-electron chi connectivity index (χ2n) is 7.38. The van der Waals surface area contributed by atoms with Crippen molar-refractivity contribution in [3.63, 3.8) is 0 Å². The second-order valence-corrected chi connectivity index (χ2v) is 8.23. The molecule has 0 fully saturated rings. The van der Waals surface area contributed by atoms with Gasteiger partial charge in [0.25, 0.3) is 0 Å². The number of halogens is 1. The third-order valence-electron chi connectivity index (χ3n) is 5.83. The van der Waals surface area contributed by atoms with E-state index >= 15 is 0 Å². The molecule has 0 saturated carbocycles. The average molecular weight is 425 g/mol. The van der Waals surface area contributed by atoms with E-state index in [0.29, 0.717) is 0 Å².